The van der Waals surface area contributed by atoms with E-state index < -0.39 is 0 Å². The first-order valence-electron chi connectivity index (χ1n) is 2.58. The van der Waals surface area contributed by atoms with Crippen molar-refractivity contribution in [1.82, 2.24) is 9.97 Å². The second-order valence-electron chi connectivity index (χ2n) is 1.63. The fourth-order valence-corrected chi connectivity index (χ4v) is 0.860. The second kappa shape index (κ2) is 4.77. The third kappa shape index (κ3) is 2.73. The quantitative estimate of drug-likeness (QED) is 0.379. The Balaban J connectivity index is 0.000000810. The molecule has 0 amide bonds. The fourth-order valence-electron chi connectivity index (χ4n) is 0.480. The van der Waals surface area contributed by atoms with Crippen molar-refractivity contribution in [2.75, 3.05) is 6.26 Å². The molecule has 0 saturated heterocycles. The van der Waals surface area contributed by atoms with E-state index in [1.165, 1.54) is 11.8 Å². The molecule has 1 heterocycles. The molecule has 0 bridgehead atoms. The molecule has 0 aliphatic rings. The van der Waals surface area contributed by atoms with Gasteiger partial charge in [0.25, 0.3) is 0 Å². The zero-order valence-electron chi connectivity index (χ0n) is 5.83. The Morgan fingerprint density at radius 2 is 2.30 bits per heavy atom. The van der Waals surface area contributed by atoms with Crippen LogP contribution in [0.25, 0.3) is 0 Å². The molecule has 51 valence electrons. The Morgan fingerprint density at radius 3 is 2.70 bits per heavy atom. The van der Waals surface area contributed by atoms with Crippen LogP contribution in [0.1, 0.15) is 5.69 Å². The molecule has 10 heavy (non-hydrogen) atoms. The summed E-state index contributed by atoms with van der Waals surface area (Å²) in [6, 6.07) is 1.76. The summed E-state index contributed by atoms with van der Waals surface area (Å²) in [5.41, 5.74) is 0.967. The van der Waals surface area contributed by atoms with Crippen molar-refractivity contribution in [3.05, 3.63) is 18.0 Å². The van der Waals surface area contributed by atoms with E-state index in [1.54, 1.807) is 6.07 Å². The van der Waals surface area contributed by atoms with Gasteiger partial charge in [-0.1, -0.05) is 18.8 Å². The van der Waals surface area contributed by atoms with E-state index in [4.69, 9.17) is 0 Å². The largest absolute Gasteiger partial charge is 2.00 e. The van der Waals surface area contributed by atoms with Crippen molar-refractivity contribution in [3.63, 3.8) is 0 Å². The summed E-state index contributed by atoms with van der Waals surface area (Å²) < 4.78 is 0. The van der Waals surface area contributed by atoms with Crippen molar-refractivity contribution in [1.29, 1.82) is 0 Å². The first-order valence-corrected chi connectivity index (χ1v) is 3.81. The Kier molecular flexibility index (Phi) is 4.78. The van der Waals surface area contributed by atoms with Gasteiger partial charge in [-0.25, -0.2) is 0 Å². The molecule has 0 aromatic carbocycles. The number of nitrogens with zero attached hydrogens (tertiary/aromatic N) is 2. The van der Waals surface area contributed by atoms with Gasteiger partial charge in [0.15, 0.2) is 0 Å². The van der Waals surface area contributed by atoms with Crippen molar-refractivity contribution in [2.45, 2.75) is 12.1 Å². The summed E-state index contributed by atoms with van der Waals surface area (Å²) >= 11 is 1.53. The Morgan fingerprint density at radius 1 is 1.60 bits per heavy atom. The normalized spacial score (nSPS) is 8.60. The molecule has 0 unspecified atom stereocenters. The van der Waals surface area contributed by atoms with Crippen LogP contribution in [0.3, 0.4) is 0 Å². The van der Waals surface area contributed by atoms with Gasteiger partial charge >= 0.3 is 18.6 Å². The smallest absolute Gasteiger partial charge is 0.364 e. The van der Waals surface area contributed by atoms with E-state index in [0.717, 1.165) is 10.9 Å². The predicted octanol–water partition coefficient (Wildman–Crippen LogP) is 1.30. The molecule has 0 fully saturated rings. The number of rotatable bonds is 1. The number of hydrogen-bond donors (Lipinski definition) is 0. The SMILES string of the molecule is CSc1n[c-]cc(C)n1.[V+2]. The molecular weight excluding hydrogens is 183 g/mol. The maximum Gasteiger partial charge on any atom is 2.00 e. The standard InChI is InChI=1S/C6H7N2S.V/c1-5-3-4-7-6(8-5)9-2;/h3H,1-2H3;/q-1;+2. The average Bonchev–Trinajstić information content (AvgIpc) is 1.88. The number of thioether (sulfide) groups is 1. The van der Waals surface area contributed by atoms with Crippen molar-refractivity contribution < 1.29 is 18.6 Å². The van der Waals surface area contributed by atoms with Crippen LogP contribution in [0, 0.1) is 13.1 Å². The van der Waals surface area contributed by atoms with Gasteiger partial charge in [0.05, 0.1) is 5.16 Å². The predicted molar refractivity (Wildman–Crippen MR) is 37.4 cm³/mol. The summed E-state index contributed by atoms with van der Waals surface area (Å²) in [6.45, 7) is 1.93. The number of hydrogen-bond acceptors (Lipinski definition) is 3. The first kappa shape index (κ1) is 10.0. The van der Waals surface area contributed by atoms with Gasteiger partial charge in [-0.2, -0.15) is 11.8 Å². The van der Waals surface area contributed by atoms with Crippen LogP contribution in [-0.2, 0) is 18.6 Å². The van der Waals surface area contributed by atoms with Crippen LogP contribution < -0.4 is 0 Å². The Labute approximate surface area is 76.7 Å². The molecule has 0 saturated carbocycles. The first-order chi connectivity index (χ1) is 4.33. The molecule has 2 nitrogen and oxygen atoms in total. The van der Waals surface area contributed by atoms with Crippen LogP contribution >= 0.6 is 11.8 Å². The van der Waals surface area contributed by atoms with E-state index in [-0.39, 0.29) is 18.6 Å². The monoisotopic (exact) mass is 190 g/mol. The molecule has 0 N–H and O–H groups in total. The average molecular weight is 190 g/mol. The minimum atomic E-state index is 0. The van der Waals surface area contributed by atoms with Crippen LogP contribution in [0.15, 0.2) is 11.2 Å². The van der Waals surface area contributed by atoms with Gasteiger partial charge in [-0.05, 0) is 6.26 Å². The molecule has 1 aromatic heterocycles. The van der Waals surface area contributed by atoms with Crippen LogP contribution in [0.4, 0.5) is 0 Å². The minimum Gasteiger partial charge on any atom is -0.364 e. The van der Waals surface area contributed by atoms with Crippen LogP contribution in [-0.4, -0.2) is 16.2 Å². The summed E-state index contributed by atoms with van der Waals surface area (Å²) in [6.07, 6.45) is 4.69. The molecular formula is C6H7N2SV+. The maximum absolute atomic E-state index is 4.11. The number of aryl methyl sites for hydroxylation is 1. The zero-order valence-corrected chi connectivity index (χ0v) is 8.04. The Bertz CT molecular complexity index is 205. The van der Waals surface area contributed by atoms with Gasteiger partial charge in [-0.3, -0.25) is 0 Å². The molecule has 0 atom stereocenters. The zero-order chi connectivity index (χ0) is 6.69. The van der Waals surface area contributed by atoms with Gasteiger partial charge < -0.3 is 9.97 Å². The van der Waals surface area contributed by atoms with Crippen molar-refractivity contribution in [3.8, 4) is 0 Å². The van der Waals surface area contributed by atoms with E-state index in [9.17, 15) is 0 Å². The van der Waals surface area contributed by atoms with Gasteiger partial charge in [0.2, 0.25) is 0 Å². The molecule has 1 radical (unpaired) electrons. The van der Waals surface area contributed by atoms with Crippen LogP contribution in [0.2, 0.25) is 0 Å². The van der Waals surface area contributed by atoms with Gasteiger partial charge in [-0.15, -0.1) is 6.07 Å². The second-order valence-corrected chi connectivity index (χ2v) is 2.40. The Hall–Kier alpha value is 0.0144. The van der Waals surface area contributed by atoms with Crippen LogP contribution in [0.5, 0.6) is 0 Å². The van der Waals surface area contributed by atoms with Crippen molar-refractivity contribution in [2.24, 2.45) is 0 Å². The molecule has 0 aliphatic carbocycles. The molecule has 4 heteroatoms. The summed E-state index contributed by atoms with van der Waals surface area (Å²) in [4.78, 5) is 8.00. The summed E-state index contributed by atoms with van der Waals surface area (Å²) in [5.74, 6) is 0. The third-order valence-corrected chi connectivity index (χ3v) is 1.44. The van der Waals surface area contributed by atoms with Gasteiger partial charge in [0.1, 0.15) is 0 Å². The van der Waals surface area contributed by atoms with E-state index in [0.29, 0.717) is 0 Å². The van der Waals surface area contributed by atoms with Gasteiger partial charge in [0, 0.05) is 0 Å². The van der Waals surface area contributed by atoms with E-state index >= 15 is 0 Å². The third-order valence-electron chi connectivity index (χ3n) is 0.888. The van der Waals surface area contributed by atoms with E-state index in [1.807, 2.05) is 13.2 Å². The maximum atomic E-state index is 4.11. The summed E-state index contributed by atoms with van der Waals surface area (Å²) in [5, 5.41) is 0.787. The fraction of sp³-hybridized carbons (Fsp3) is 0.333. The topological polar surface area (TPSA) is 25.8 Å². The van der Waals surface area contributed by atoms with Crippen molar-refractivity contribution >= 4 is 11.8 Å². The molecule has 0 aliphatic heterocycles. The minimum absolute atomic E-state index is 0. The van der Waals surface area contributed by atoms with E-state index in [2.05, 4.69) is 16.2 Å². The molecule has 0 spiro atoms. The molecule has 1 rings (SSSR count). The number of aromatic nitrogens is 2. The molecule has 1 aromatic rings. The summed E-state index contributed by atoms with van der Waals surface area (Å²) in [7, 11) is 0.